The Labute approximate surface area is 131 Å². The predicted octanol–water partition coefficient (Wildman–Crippen LogP) is 0.606. The summed E-state index contributed by atoms with van der Waals surface area (Å²) in [4.78, 5) is 23.5. The van der Waals surface area contributed by atoms with Gasteiger partial charge in [-0.05, 0) is 51.4 Å². The van der Waals surface area contributed by atoms with Gasteiger partial charge in [-0.25, -0.2) is 0 Å². The van der Waals surface area contributed by atoms with Crippen LogP contribution >= 0.6 is 0 Å². The standard InChI is InChI=1S/C16H28N2O4/c19-13-7-3-5-11(13)17-15(21)9-1-2-10-16(22)18-12-6-4-8-14(12)20/h11-14,19-20H,1-10H2,(H,17,21)(H,18,22)/t11-,12-,13-,14+/m1/s1. The number of aliphatic hydroxyl groups is 2. The summed E-state index contributed by atoms with van der Waals surface area (Å²) in [6.45, 7) is 0. The summed E-state index contributed by atoms with van der Waals surface area (Å²) < 4.78 is 0. The molecule has 4 atom stereocenters. The largest absolute Gasteiger partial charge is 0.391 e. The zero-order valence-electron chi connectivity index (χ0n) is 13.1. The van der Waals surface area contributed by atoms with Crippen LogP contribution in [0.25, 0.3) is 0 Å². The van der Waals surface area contributed by atoms with Gasteiger partial charge >= 0.3 is 0 Å². The van der Waals surface area contributed by atoms with Crippen LogP contribution in [0.15, 0.2) is 0 Å². The van der Waals surface area contributed by atoms with Gasteiger partial charge in [-0.1, -0.05) is 0 Å². The summed E-state index contributed by atoms with van der Waals surface area (Å²) in [6.07, 6.45) is 6.42. The van der Waals surface area contributed by atoms with E-state index in [0.29, 0.717) is 25.7 Å². The van der Waals surface area contributed by atoms with Crippen molar-refractivity contribution in [1.29, 1.82) is 0 Å². The van der Waals surface area contributed by atoms with Crippen LogP contribution in [0.5, 0.6) is 0 Å². The average molecular weight is 312 g/mol. The van der Waals surface area contributed by atoms with E-state index >= 15 is 0 Å². The summed E-state index contributed by atoms with van der Waals surface area (Å²) in [5.74, 6) is -0.0878. The smallest absolute Gasteiger partial charge is 0.220 e. The molecule has 2 aliphatic carbocycles. The van der Waals surface area contributed by atoms with E-state index in [2.05, 4.69) is 10.6 Å². The Balaban J connectivity index is 1.52. The van der Waals surface area contributed by atoms with E-state index in [-0.39, 0.29) is 23.9 Å². The van der Waals surface area contributed by atoms with Crippen molar-refractivity contribution in [2.24, 2.45) is 0 Å². The van der Waals surface area contributed by atoms with Gasteiger partial charge in [0.2, 0.25) is 11.8 Å². The molecule has 2 rings (SSSR count). The number of rotatable bonds is 7. The van der Waals surface area contributed by atoms with Crippen molar-refractivity contribution in [3.8, 4) is 0 Å². The second-order valence-electron chi connectivity index (χ2n) is 6.55. The Morgan fingerprint density at radius 2 is 1.18 bits per heavy atom. The normalized spacial score (nSPS) is 31.2. The first-order chi connectivity index (χ1) is 10.6. The first-order valence-corrected chi connectivity index (χ1v) is 8.51. The molecular weight excluding hydrogens is 284 g/mol. The van der Waals surface area contributed by atoms with Crippen LogP contribution in [0.4, 0.5) is 0 Å². The van der Waals surface area contributed by atoms with E-state index in [1.807, 2.05) is 0 Å². The number of unbranched alkanes of at least 4 members (excludes halogenated alkanes) is 1. The molecule has 0 heterocycles. The Kier molecular flexibility index (Phi) is 6.64. The van der Waals surface area contributed by atoms with Crippen molar-refractivity contribution in [2.45, 2.75) is 88.5 Å². The zero-order valence-corrected chi connectivity index (χ0v) is 13.1. The Bertz CT molecular complexity index is 352. The molecule has 0 radical (unpaired) electrons. The molecule has 0 saturated heterocycles. The molecule has 0 aliphatic heterocycles. The lowest BCUT2D eigenvalue weighted by Crippen LogP contribution is -2.40. The SMILES string of the molecule is O=C(CCCCC(=O)N[C@@H]1CCC[C@@H]1O)N[C@@H]1CCC[C@H]1O. The summed E-state index contributed by atoms with van der Waals surface area (Å²) in [5, 5.41) is 25.0. The minimum Gasteiger partial charge on any atom is -0.391 e. The number of aliphatic hydroxyl groups excluding tert-OH is 2. The fourth-order valence-electron chi connectivity index (χ4n) is 3.35. The molecule has 4 N–H and O–H groups in total. The maximum atomic E-state index is 11.8. The third-order valence-corrected chi connectivity index (χ3v) is 4.71. The van der Waals surface area contributed by atoms with Crippen LogP contribution in [-0.2, 0) is 9.59 Å². The first kappa shape index (κ1) is 17.2. The third-order valence-electron chi connectivity index (χ3n) is 4.71. The average Bonchev–Trinajstić information content (AvgIpc) is 3.05. The quantitative estimate of drug-likeness (QED) is 0.518. The van der Waals surface area contributed by atoms with E-state index in [4.69, 9.17) is 0 Å². The Morgan fingerprint density at radius 1 is 0.773 bits per heavy atom. The van der Waals surface area contributed by atoms with Gasteiger partial charge in [0.05, 0.1) is 24.3 Å². The summed E-state index contributed by atoms with van der Waals surface area (Å²) in [7, 11) is 0. The van der Waals surface area contributed by atoms with Gasteiger partial charge in [-0.15, -0.1) is 0 Å². The van der Waals surface area contributed by atoms with Crippen molar-refractivity contribution >= 4 is 11.8 Å². The molecule has 2 amide bonds. The van der Waals surface area contributed by atoms with E-state index in [1.165, 1.54) is 0 Å². The van der Waals surface area contributed by atoms with Gasteiger partial charge in [0.15, 0.2) is 0 Å². The summed E-state index contributed by atoms with van der Waals surface area (Å²) in [5.41, 5.74) is 0. The van der Waals surface area contributed by atoms with Crippen molar-refractivity contribution in [1.82, 2.24) is 10.6 Å². The van der Waals surface area contributed by atoms with Gasteiger partial charge in [0.1, 0.15) is 0 Å². The highest BCUT2D eigenvalue weighted by Gasteiger charge is 2.27. The lowest BCUT2D eigenvalue weighted by atomic mass is 10.1. The number of carbonyl (C=O) groups excluding carboxylic acids is 2. The lowest BCUT2D eigenvalue weighted by molar-refractivity contribution is -0.124. The molecule has 0 aromatic rings. The molecule has 126 valence electrons. The van der Waals surface area contributed by atoms with E-state index < -0.39 is 12.2 Å². The lowest BCUT2D eigenvalue weighted by Gasteiger charge is -2.17. The monoisotopic (exact) mass is 312 g/mol. The number of carbonyl (C=O) groups is 2. The Hall–Kier alpha value is -1.14. The van der Waals surface area contributed by atoms with Gasteiger partial charge in [0, 0.05) is 12.8 Å². The van der Waals surface area contributed by atoms with Crippen molar-refractivity contribution < 1.29 is 19.8 Å². The molecule has 2 saturated carbocycles. The van der Waals surface area contributed by atoms with Crippen molar-refractivity contribution in [3.63, 3.8) is 0 Å². The minimum atomic E-state index is -0.410. The van der Waals surface area contributed by atoms with Gasteiger partial charge < -0.3 is 20.8 Å². The van der Waals surface area contributed by atoms with Gasteiger partial charge in [0.25, 0.3) is 0 Å². The number of nitrogens with one attached hydrogen (secondary N) is 2. The van der Waals surface area contributed by atoms with Crippen LogP contribution in [0.2, 0.25) is 0 Å². The predicted molar refractivity (Wildman–Crippen MR) is 82.0 cm³/mol. The molecule has 2 fully saturated rings. The molecule has 0 aromatic carbocycles. The molecule has 22 heavy (non-hydrogen) atoms. The van der Waals surface area contributed by atoms with E-state index in [0.717, 1.165) is 38.5 Å². The van der Waals surface area contributed by atoms with Crippen LogP contribution in [0.1, 0.15) is 64.2 Å². The summed E-state index contributed by atoms with van der Waals surface area (Å²) in [6, 6.07) is -0.195. The number of hydrogen-bond acceptors (Lipinski definition) is 4. The molecule has 6 heteroatoms. The van der Waals surface area contributed by atoms with E-state index in [1.54, 1.807) is 0 Å². The second-order valence-corrected chi connectivity index (χ2v) is 6.55. The van der Waals surface area contributed by atoms with E-state index in [9.17, 15) is 19.8 Å². The Morgan fingerprint density at radius 3 is 1.50 bits per heavy atom. The highest BCUT2D eigenvalue weighted by molar-refractivity contribution is 5.77. The zero-order chi connectivity index (χ0) is 15.9. The molecule has 6 nitrogen and oxygen atoms in total. The van der Waals surface area contributed by atoms with Crippen molar-refractivity contribution in [2.75, 3.05) is 0 Å². The first-order valence-electron chi connectivity index (χ1n) is 8.51. The number of hydrogen-bond donors (Lipinski definition) is 4. The van der Waals surface area contributed by atoms with Crippen LogP contribution in [0, 0.1) is 0 Å². The van der Waals surface area contributed by atoms with Crippen LogP contribution < -0.4 is 10.6 Å². The maximum absolute atomic E-state index is 11.8. The second kappa shape index (κ2) is 8.48. The number of amides is 2. The molecule has 0 aromatic heterocycles. The summed E-state index contributed by atoms with van der Waals surface area (Å²) >= 11 is 0. The van der Waals surface area contributed by atoms with Crippen LogP contribution in [0.3, 0.4) is 0 Å². The minimum absolute atomic E-state index is 0.0439. The fourth-order valence-corrected chi connectivity index (χ4v) is 3.35. The third kappa shape index (κ3) is 5.25. The van der Waals surface area contributed by atoms with Crippen LogP contribution in [-0.4, -0.2) is 46.3 Å². The van der Waals surface area contributed by atoms with Gasteiger partial charge in [-0.3, -0.25) is 9.59 Å². The molecule has 2 aliphatic rings. The van der Waals surface area contributed by atoms with Gasteiger partial charge in [-0.2, -0.15) is 0 Å². The fraction of sp³-hybridized carbons (Fsp3) is 0.875. The van der Waals surface area contributed by atoms with Crippen molar-refractivity contribution in [3.05, 3.63) is 0 Å². The molecular formula is C16H28N2O4. The highest BCUT2D eigenvalue weighted by Crippen LogP contribution is 2.20. The highest BCUT2D eigenvalue weighted by atomic mass is 16.3. The maximum Gasteiger partial charge on any atom is 0.220 e. The molecule has 0 spiro atoms. The topological polar surface area (TPSA) is 98.7 Å². The molecule has 0 bridgehead atoms. The molecule has 0 unspecified atom stereocenters.